The van der Waals surface area contributed by atoms with Crippen molar-refractivity contribution >= 4 is 21.6 Å². The van der Waals surface area contributed by atoms with Gasteiger partial charge in [-0.2, -0.15) is 0 Å². The van der Waals surface area contributed by atoms with Gasteiger partial charge < -0.3 is 10.1 Å². The molecule has 5 heteroatoms. The standard InChI is InChI=1S/C13H15FN2OS/c14-9-1-2-11-12(7-9)18-13(16-11)8-17-10-3-5-15-6-4-10/h1-2,7,10,15H,3-6,8H2. The molecule has 1 aliphatic heterocycles. The maximum Gasteiger partial charge on any atom is 0.124 e. The molecule has 1 aliphatic rings. The molecule has 18 heavy (non-hydrogen) atoms. The fraction of sp³-hybridized carbons (Fsp3) is 0.462. The minimum absolute atomic E-state index is 0.211. The number of thiazole rings is 1. The molecule has 1 aromatic carbocycles. The number of ether oxygens (including phenoxy) is 1. The van der Waals surface area contributed by atoms with Crippen LogP contribution >= 0.6 is 11.3 Å². The summed E-state index contributed by atoms with van der Waals surface area (Å²) in [6.07, 6.45) is 2.44. The van der Waals surface area contributed by atoms with Gasteiger partial charge in [-0.3, -0.25) is 0 Å². The van der Waals surface area contributed by atoms with Gasteiger partial charge in [-0.25, -0.2) is 9.37 Å². The van der Waals surface area contributed by atoms with Crippen LogP contribution in [-0.2, 0) is 11.3 Å². The molecule has 0 bridgehead atoms. The Balaban J connectivity index is 1.67. The molecule has 0 radical (unpaired) electrons. The zero-order valence-electron chi connectivity index (χ0n) is 9.99. The summed E-state index contributed by atoms with van der Waals surface area (Å²) in [5.74, 6) is -0.211. The van der Waals surface area contributed by atoms with Gasteiger partial charge in [0.15, 0.2) is 0 Å². The average molecular weight is 266 g/mol. The van der Waals surface area contributed by atoms with Crippen LogP contribution in [0.5, 0.6) is 0 Å². The van der Waals surface area contributed by atoms with Crippen LogP contribution in [0.1, 0.15) is 17.8 Å². The molecule has 0 spiro atoms. The lowest BCUT2D eigenvalue weighted by Gasteiger charge is -2.22. The summed E-state index contributed by atoms with van der Waals surface area (Å²) in [4.78, 5) is 4.45. The van der Waals surface area contributed by atoms with Gasteiger partial charge in [0, 0.05) is 0 Å². The highest BCUT2D eigenvalue weighted by Crippen LogP contribution is 2.24. The molecular weight excluding hydrogens is 251 g/mol. The maximum absolute atomic E-state index is 13.1. The topological polar surface area (TPSA) is 34.1 Å². The minimum Gasteiger partial charge on any atom is -0.371 e. The van der Waals surface area contributed by atoms with Crippen LogP contribution < -0.4 is 5.32 Å². The molecule has 3 nitrogen and oxygen atoms in total. The third kappa shape index (κ3) is 2.68. The van der Waals surface area contributed by atoms with Gasteiger partial charge in [0.25, 0.3) is 0 Å². The normalized spacial score (nSPS) is 17.4. The fourth-order valence-electron chi connectivity index (χ4n) is 2.16. The van der Waals surface area contributed by atoms with Crippen LogP contribution in [0.15, 0.2) is 18.2 Å². The maximum atomic E-state index is 13.1. The van der Waals surface area contributed by atoms with Crippen molar-refractivity contribution in [2.75, 3.05) is 13.1 Å². The summed E-state index contributed by atoms with van der Waals surface area (Å²) in [6.45, 7) is 2.58. The molecule has 1 N–H and O–H groups in total. The van der Waals surface area contributed by atoms with Gasteiger partial charge in [0.1, 0.15) is 10.8 Å². The number of benzene rings is 1. The predicted octanol–water partition coefficient (Wildman–Crippen LogP) is 2.70. The highest BCUT2D eigenvalue weighted by Gasteiger charge is 2.14. The van der Waals surface area contributed by atoms with E-state index in [1.54, 1.807) is 6.07 Å². The lowest BCUT2D eigenvalue weighted by atomic mass is 10.1. The van der Waals surface area contributed by atoms with Gasteiger partial charge in [-0.15, -0.1) is 11.3 Å². The van der Waals surface area contributed by atoms with Crippen LogP contribution in [0.2, 0.25) is 0 Å². The Kier molecular flexibility index (Phi) is 3.54. The highest BCUT2D eigenvalue weighted by molar-refractivity contribution is 7.18. The summed E-state index contributed by atoms with van der Waals surface area (Å²) in [6, 6.07) is 4.69. The molecular formula is C13H15FN2OS. The Labute approximate surface area is 109 Å². The molecule has 3 rings (SSSR count). The number of rotatable bonds is 3. The van der Waals surface area contributed by atoms with Gasteiger partial charge in [-0.05, 0) is 44.1 Å². The number of nitrogens with one attached hydrogen (secondary N) is 1. The summed E-state index contributed by atoms with van der Waals surface area (Å²) < 4.78 is 19.8. The van der Waals surface area contributed by atoms with E-state index in [0.717, 1.165) is 41.2 Å². The Morgan fingerprint density at radius 2 is 2.22 bits per heavy atom. The number of nitrogens with zero attached hydrogens (tertiary/aromatic N) is 1. The second kappa shape index (κ2) is 5.30. The highest BCUT2D eigenvalue weighted by atomic mass is 32.1. The number of halogens is 1. The summed E-state index contributed by atoms with van der Waals surface area (Å²) >= 11 is 1.51. The van der Waals surface area contributed by atoms with Crippen molar-refractivity contribution in [2.24, 2.45) is 0 Å². The zero-order chi connectivity index (χ0) is 12.4. The van der Waals surface area contributed by atoms with Gasteiger partial charge >= 0.3 is 0 Å². The Hall–Kier alpha value is -1.04. The molecule has 0 atom stereocenters. The number of piperidine rings is 1. The van der Waals surface area contributed by atoms with E-state index >= 15 is 0 Å². The first-order chi connectivity index (χ1) is 8.81. The number of hydrogen-bond donors (Lipinski definition) is 1. The molecule has 0 saturated carbocycles. The first-order valence-corrected chi connectivity index (χ1v) is 7.00. The van der Waals surface area contributed by atoms with E-state index in [0.29, 0.717) is 12.7 Å². The lowest BCUT2D eigenvalue weighted by Crippen LogP contribution is -2.32. The first-order valence-electron chi connectivity index (χ1n) is 6.18. The van der Waals surface area contributed by atoms with Crippen LogP contribution in [0.3, 0.4) is 0 Å². The van der Waals surface area contributed by atoms with Crippen molar-refractivity contribution in [2.45, 2.75) is 25.6 Å². The number of fused-ring (bicyclic) bond motifs is 1. The summed E-state index contributed by atoms with van der Waals surface area (Å²) in [5.41, 5.74) is 0.852. The molecule has 0 unspecified atom stereocenters. The van der Waals surface area contributed by atoms with Crippen molar-refractivity contribution in [3.63, 3.8) is 0 Å². The first kappa shape index (κ1) is 12.0. The molecule has 2 aromatic rings. The largest absolute Gasteiger partial charge is 0.371 e. The number of hydrogen-bond acceptors (Lipinski definition) is 4. The van der Waals surface area contributed by atoms with Gasteiger partial charge in [0.2, 0.25) is 0 Å². The van der Waals surface area contributed by atoms with E-state index in [1.807, 2.05) is 0 Å². The zero-order valence-corrected chi connectivity index (χ0v) is 10.8. The minimum atomic E-state index is -0.211. The second-order valence-corrected chi connectivity index (χ2v) is 5.60. The molecule has 96 valence electrons. The van der Waals surface area contributed by atoms with E-state index in [1.165, 1.54) is 23.5 Å². The van der Waals surface area contributed by atoms with E-state index in [2.05, 4.69) is 10.3 Å². The van der Waals surface area contributed by atoms with E-state index < -0.39 is 0 Å². The monoisotopic (exact) mass is 266 g/mol. The SMILES string of the molecule is Fc1ccc2nc(COC3CCNCC3)sc2c1. The molecule has 0 amide bonds. The van der Waals surface area contributed by atoms with Crippen LogP contribution in [0.4, 0.5) is 4.39 Å². The second-order valence-electron chi connectivity index (χ2n) is 4.48. The van der Waals surface area contributed by atoms with E-state index in [9.17, 15) is 4.39 Å². The average Bonchev–Trinajstić information content (AvgIpc) is 2.79. The summed E-state index contributed by atoms with van der Waals surface area (Å²) in [7, 11) is 0. The smallest absolute Gasteiger partial charge is 0.124 e. The van der Waals surface area contributed by atoms with E-state index in [-0.39, 0.29) is 5.82 Å². The fourth-order valence-corrected chi connectivity index (χ4v) is 3.07. The third-order valence-electron chi connectivity index (χ3n) is 3.12. The third-order valence-corrected chi connectivity index (χ3v) is 4.12. The number of aromatic nitrogens is 1. The Morgan fingerprint density at radius 1 is 1.39 bits per heavy atom. The van der Waals surface area contributed by atoms with Crippen LogP contribution in [0.25, 0.3) is 10.2 Å². The lowest BCUT2D eigenvalue weighted by molar-refractivity contribution is 0.0212. The van der Waals surface area contributed by atoms with E-state index in [4.69, 9.17) is 4.74 Å². The van der Waals surface area contributed by atoms with Crippen molar-refractivity contribution in [1.29, 1.82) is 0 Å². The van der Waals surface area contributed by atoms with Crippen molar-refractivity contribution in [1.82, 2.24) is 10.3 Å². The summed E-state index contributed by atoms with van der Waals surface area (Å²) in [5, 5.41) is 4.23. The molecule has 1 saturated heterocycles. The Bertz CT molecular complexity index is 537. The molecule has 2 heterocycles. The van der Waals surface area contributed by atoms with Gasteiger partial charge in [-0.1, -0.05) is 0 Å². The Morgan fingerprint density at radius 3 is 3.06 bits per heavy atom. The van der Waals surface area contributed by atoms with Crippen LogP contribution in [-0.4, -0.2) is 24.2 Å². The van der Waals surface area contributed by atoms with Crippen molar-refractivity contribution < 1.29 is 9.13 Å². The molecule has 1 aromatic heterocycles. The molecule has 1 fully saturated rings. The van der Waals surface area contributed by atoms with Gasteiger partial charge in [0.05, 0.1) is 22.9 Å². The van der Waals surface area contributed by atoms with Crippen molar-refractivity contribution in [3.8, 4) is 0 Å². The van der Waals surface area contributed by atoms with Crippen LogP contribution in [0, 0.1) is 5.82 Å². The van der Waals surface area contributed by atoms with Crippen molar-refractivity contribution in [3.05, 3.63) is 29.0 Å². The molecule has 0 aliphatic carbocycles. The predicted molar refractivity (Wildman–Crippen MR) is 70.3 cm³/mol. The quantitative estimate of drug-likeness (QED) is 0.927.